The van der Waals surface area contributed by atoms with Gasteiger partial charge in [-0.3, -0.25) is 0 Å². The third-order valence-electron chi connectivity index (χ3n) is 3.09. The molecule has 2 heteroatoms. The van der Waals surface area contributed by atoms with Crippen LogP contribution in [0.2, 0.25) is 0 Å². The predicted octanol–water partition coefficient (Wildman–Crippen LogP) is 3.79. The van der Waals surface area contributed by atoms with Crippen molar-refractivity contribution in [2.45, 2.75) is 20.4 Å². The van der Waals surface area contributed by atoms with Gasteiger partial charge in [0, 0.05) is 12.2 Å². The lowest BCUT2D eigenvalue weighted by atomic mass is 10.1. The first-order valence-electron chi connectivity index (χ1n) is 6.00. The van der Waals surface area contributed by atoms with E-state index in [0.717, 1.165) is 17.8 Å². The van der Waals surface area contributed by atoms with Crippen LogP contribution in [-0.2, 0) is 6.54 Å². The molecule has 0 fully saturated rings. The van der Waals surface area contributed by atoms with Crippen molar-refractivity contribution < 1.29 is 0 Å². The Morgan fingerprint density at radius 1 is 1.06 bits per heavy atom. The van der Waals surface area contributed by atoms with Gasteiger partial charge in [-0.15, -0.1) is 0 Å². The lowest BCUT2D eigenvalue weighted by Gasteiger charge is -2.11. The Kier molecular flexibility index (Phi) is 3.64. The first-order chi connectivity index (χ1) is 8.70. The smallest absolute Gasteiger partial charge is 0.0991 e. The summed E-state index contributed by atoms with van der Waals surface area (Å²) in [5.74, 6) is 0. The normalized spacial score (nSPS) is 9.83. The molecule has 0 radical (unpaired) electrons. The van der Waals surface area contributed by atoms with Gasteiger partial charge < -0.3 is 5.32 Å². The van der Waals surface area contributed by atoms with Gasteiger partial charge in [-0.1, -0.05) is 24.3 Å². The Balaban J connectivity index is 2.12. The summed E-state index contributed by atoms with van der Waals surface area (Å²) in [6.45, 7) is 4.91. The maximum absolute atomic E-state index is 8.83. The van der Waals surface area contributed by atoms with Gasteiger partial charge in [0.15, 0.2) is 0 Å². The van der Waals surface area contributed by atoms with Crippen molar-refractivity contribution in [3.63, 3.8) is 0 Å². The lowest BCUT2D eigenvalue weighted by molar-refractivity contribution is 1.11. The first-order valence-corrected chi connectivity index (χ1v) is 6.00. The van der Waals surface area contributed by atoms with E-state index in [1.807, 2.05) is 37.3 Å². The minimum absolute atomic E-state index is 0.715. The van der Waals surface area contributed by atoms with Crippen molar-refractivity contribution in [2.75, 3.05) is 5.32 Å². The molecule has 0 bridgehead atoms. The summed E-state index contributed by atoms with van der Waals surface area (Å²) in [5, 5.41) is 12.3. The van der Waals surface area contributed by atoms with Gasteiger partial charge in [-0.25, -0.2) is 0 Å². The first kappa shape index (κ1) is 12.2. The summed E-state index contributed by atoms with van der Waals surface area (Å²) in [6.07, 6.45) is 0. The second-order valence-corrected chi connectivity index (χ2v) is 4.42. The molecular weight excluding hydrogens is 220 g/mol. The molecule has 0 aliphatic rings. The van der Waals surface area contributed by atoms with Crippen molar-refractivity contribution in [3.8, 4) is 6.07 Å². The van der Waals surface area contributed by atoms with Gasteiger partial charge >= 0.3 is 0 Å². The SMILES string of the molecule is Cc1cc(C#N)ccc1CNc1ccccc1C. The minimum Gasteiger partial charge on any atom is -0.381 e. The van der Waals surface area contributed by atoms with Gasteiger partial charge in [0.25, 0.3) is 0 Å². The molecule has 0 spiro atoms. The van der Waals surface area contributed by atoms with E-state index in [1.165, 1.54) is 11.1 Å². The van der Waals surface area contributed by atoms with Gasteiger partial charge in [0.05, 0.1) is 11.6 Å². The van der Waals surface area contributed by atoms with Crippen molar-refractivity contribution >= 4 is 5.69 Å². The van der Waals surface area contributed by atoms with Crippen molar-refractivity contribution in [2.24, 2.45) is 0 Å². The lowest BCUT2D eigenvalue weighted by Crippen LogP contribution is -2.02. The third kappa shape index (κ3) is 2.70. The fourth-order valence-corrected chi connectivity index (χ4v) is 1.93. The Morgan fingerprint density at radius 2 is 1.83 bits per heavy atom. The molecule has 90 valence electrons. The zero-order valence-corrected chi connectivity index (χ0v) is 10.7. The highest BCUT2D eigenvalue weighted by molar-refractivity contribution is 5.51. The Bertz CT molecular complexity index is 594. The van der Waals surface area contributed by atoms with E-state index >= 15 is 0 Å². The molecule has 0 aromatic heterocycles. The summed E-state index contributed by atoms with van der Waals surface area (Å²) < 4.78 is 0. The molecule has 0 atom stereocenters. The number of rotatable bonds is 3. The van der Waals surface area contributed by atoms with Crippen LogP contribution in [0.25, 0.3) is 0 Å². The van der Waals surface area contributed by atoms with E-state index in [-0.39, 0.29) is 0 Å². The van der Waals surface area contributed by atoms with Crippen LogP contribution in [0, 0.1) is 25.2 Å². The van der Waals surface area contributed by atoms with Crippen LogP contribution >= 0.6 is 0 Å². The molecule has 0 aliphatic carbocycles. The monoisotopic (exact) mass is 236 g/mol. The van der Waals surface area contributed by atoms with Crippen LogP contribution in [0.3, 0.4) is 0 Å². The zero-order chi connectivity index (χ0) is 13.0. The largest absolute Gasteiger partial charge is 0.381 e. The van der Waals surface area contributed by atoms with Gasteiger partial charge in [0.2, 0.25) is 0 Å². The fourth-order valence-electron chi connectivity index (χ4n) is 1.93. The van der Waals surface area contributed by atoms with Crippen molar-refractivity contribution in [1.29, 1.82) is 5.26 Å². The molecule has 0 heterocycles. The number of hydrogen-bond donors (Lipinski definition) is 1. The summed E-state index contributed by atoms with van der Waals surface area (Å²) in [6, 6.07) is 16.2. The van der Waals surface area contributed by atoms with Crippen LogP contribution in [0.1, 0.15) is 22.3 Å². The summed E-state index contributed by atoms with van der Waals surface area (Å²) >= 11 is 0. The van der Waals surface area contributed by atoms with Crippen LogP contribution in [0.5, 0.6) is 0 Å². The molecule has 2 nitrogen and oxygen atoms in total. The maximum atomic E-state index is 8.83. The summed E-state index contributed by atoms with van der Waals surface area (Å²) in [5.41, 5.74) is 5.48. The number of nitrogens with one attached hydrogen (secondary N) is 1. The number of nitriles is 1. The topological polar surface area (TPSA) is 35.8 Å². The average molecular weight is 236 g/mol. The number of aryl methyl sites for hydroxylation is 2. The second-order valence-electron chi connectivity index (χ2n) is 4.42. The minimum atomic E-state index is 0.715. The zero-order valence-electron chi connectivity index (χ0n) is 10.7. The van der Waals surface area contributed by atoms with E-state index in [2.05, 4.69) is 30.4 Å². The van der Waals surface area contributed by atoms with Crippen LogP contribution in [0.15, 0.2) is 42.5 Å². The number of hydrogen-bond acceptors (Lipinski definition) is 2. The van der Waals surface area contributed by atoms with Crippen molar-refractivity contribution in [1.82, 2.24) is 0 Å². The van der Waals surface area contributed by atoms with E-state index in [4.69, 9.17) is 5.26 Å². The molecule has 1 N–H and O–H groups in total. The number of nitrogens with zero attached hydrogens (tertiary/aromatic N) is 1. The maximum Gasteiger partial charge on any atom is 0.0991 e. The number of para-hydroxylation sites is 1. The molecule has 0 unspecified atom stereocenters. The highest BCUT2D eigenvalue weighted by Gasteiger charge is 2.01. The molecule has 18 heavy (non-hydrogen) atoms. The molecule has 0 amide bonds. The predicted molar refractivity (Wildman–Crippen MR) is 74.4 cm³/mol. The van der Waals surface area contributed by atoms with Gasteiger partial charge in [-0.2, -0.15) is 5.26 Å². The van der Waals surface area contributed by atoms with E-state index in [0.29, 0.717) is 5.56 Å². The molecule has 0 saturated heterocycles. The standard InChI is InChI=1S/C16H16N2/c1-12-5-3-4-6-16(12)18-11-15-8-7-14(10-17)9-13(15)2/h3-9,18H,11H2,1-2H3. The Hall–Kier alpha value is -2.27. The van der Waals surface area contributed by atoms with Crippen LogP contribution in [0.4, 0.5) is 5.69 Å². The Morgan fingerprint density at radius 3 is 2.50 bits per heavy atom. The number of anilines is 1. The number of benzene rings is 2. The molecule has 2 aromatic rings. The van der Waals surface area contributed by atoms with Crippen LogP contribution in [-0.4, -0.2) is 0 Å². The summed E-state index contributed by atoms with van der Waals surface area (Å²) in [4.78, 5) is 0. The highest BCUT2D eigenvalue weighted by Crippen LogP contribution is 2.16. The molecule has 0 aliphatic heterocycles. The van der Waals surface area contributed by atoms with E-state index in [9.17, 15) is 0 Å². The van der Waals surface area contributed by atoms with E-state index < -0.39 is 0 Å². The second kappa shape index (κ2) is 5.37. The molecule has 2 aromatic carbocycles. The van der Waals surface area contributed by atoms with Gasteiger partial charge in [-0.05, 0) is 48.7 Å². The quantitative estimate of drug-likeness (QED) is 0.880. The highest BCUT2D eigenvalue weighted by atomic mass is 14.9. The molecule has 2 rings (SSSR count). The molecular formula is C16H16N2. The van der Waals surface area contributed by atoms with Gasteiger partial charge in [0.1, 0.15) is 0 Å². The van der Waals surface area contributed by atoms with Crippen LogP contribution < -0.4 is 5.32 Å². The average Bonchev–Trinajstić information content (AvgIpc) is 2.39. The fraction of sp³-hybridized carbons (Fsp3) is 0.188. The summed E-state index contributed by atoms with van der Waals surface area (Å²) in [7, 11) is 0. The third-order valence-corrected chi connectivity index (χ3v) is 3.09. The van der Waals surface area contributed by atoms with E-state index in [1.54, 1.807) is 0 Å². The molecule has 0 saturated carbocycles. The Labute approximate surface area is 108 Å². The van der Waals surface area contributed by atoms with Crippen molar-refractivity contribution in [3.05, 3.63) is 64.7 Å².